The fourth-order valence-corrected chi connectivity index (χ4v) is 2.98. The van der Waals surface area contributed by atoms with Gasteiger partial charge in [-0.2, -0.15) is 0 Å². The number of ether oxygens (including phenoxy) is 1. The number of benzene rings is 1. The molecule has 20 heavy (non-hydrogen) atoms. The summed E-state index contributed by atoms with van der Waals surface area (Å²) in [6.45, 7) is 7.08. The third-order valence-corrected chi connectivity index (χ3v) is 4.02. The van der Waals surface area contributed by atoms with E-state index < -0.39 is 0 Å². The van der Waals surface area contributed by atoms with Crippen molar-refractivity contribution in [2.45, 2.75) is 27.2 Å². The highest BCUT2D eigenvalue weighted by molar-refractivity contribution is 5.84. The van der Waals surface area contributed by atoms with E-state index in [0.717, 1.165) is 12.1 Å². The molecule has 0 saturated carbocycles. The SMILES string of the molecule is CC1=C[C@@H](C)[C@H](COC(=O)Nc2ccccc2)[C@H](C)C1. The van der Waals surface area contributed by atoms with Crippen molar-refractivity contribution in [1.82, 2.24) is 0 Å². The van der Waals surface area contributed by atoms with E-state index in [1.165, 1.54) is 5.57 Å². The van der Waals surface area contributed by atoms with Crippen LogP contribution in [-0.2, 0) is 4.74 Å². The first-order valence-electron chi connectivity index (χ1n) is 7.22. The smallest absolute Gasteiger partial charge is 0.411 e. The number of carbonyl (C=O) groups excluding carboxylic acids is 1. The minimum absolute atomic E-state index is 0.373. The summed E-state index contributed by atoms with van der Waals surface area (Å²) in [5, 5.41) is 2.74. The first-order valence-corrected chi connectivity index (χ1v) is 7.22. The van der Waals surface area contributed by atoms with Crippen molar-refractivity contribution in [2.75, 3.05) is 11.9 Å². The van der Waals surface area contributed by atoms with Gasteiger partial charge in [-0.15, -0.1) is 0 Å². The summed E-state index contributed by atoms with van der Waals surface area (Å²) in [6, 6.07) is 9.37. The Morgan fingerprint density at radius 2 is 2.00 bits per heavy atom. The average molecular weight is 273 g/mol. The molecule has 0 unspecified atom stereocenters. The summed E-state index contributed by atoms with van der Waals surface area (Å²) >= 11 is 0. The molecule has 1 aliphatic rings. The molecule has 3 nitrogen and oxygen atoms in total. The number of anilines is 1. The normalized spacial score (nSPS) is 25.8. The van der Waals surface area contributed by atoms with Crippen LogP contribution in [0, 0.1) is 17.8 Å². The lowest BCUT2D eigenvalue weighted by atomic mass is 9.75. The summed E-state index contributed by atoms with van der Waals surface area (Å²) < 4.78 is 5.38. The van der Waals surface area contributed by atoms with Crippen molar-refractivity contribution in [3.8, 4) is 0 Å². The van der Waals surface area contributed by atoms with Crippen molar-refractivity contribution in [3.05, 3.63) is 42.0 Å². The molecule has 3 heteroatoms. The number of rotatable bonds is 3. The molecule has 0 heterocycles. The van der Waals surface area contributed by atoms with E-state index in [2.05, 4.69) is 32.2 Å². The summed E-state index contributed by atoms with van der Waals surface area (Å²) in [7, 11) is 0. The number of amides is 1. The Hall–Kier alpha value is -1.77. The third kappa shape index (κ3) is 3.86. The molecule has 1 aromatic carbocycles. The van der Waals surface area contributed by atoms with Crippen molar-refractivity contribution in [2.24, 2.45) is 17.8 Å². The summed E-state index contributed by atoms with van der Waals surface area (Å²) in [5.74, 6) is 1.42. The predicted octanol–water partition coefficient (Wildman–Crippen LogP) is 4.47. The van der Waals surface area contributed by atoms with Gasteiger partial charge in [-0.1, -0.05) is 43.7 Å². The Kier molecular flexibility index (Phi) is 4.83. The fourth-order valence-electron chi connectivity index (χ4n) is 2.98. The number of carbonyl (C=O) groups is 1. The van der Waals surface area contributed by atoms with Crippen LogP contribution >= 0.6 is 0 Å². The summed E-state index contributed by atoms with van der Waals surface area (Å²) in [5.41, 5.74) is 2.20. The molecule has 1 N–H and O–H groups in total. The largest absolute Gasteiger partial charge is 0.449 e. The molecule has 0 saturated heterocycles. The molecule has 0 bridgehead atoms. The van der Waals surface area contributed by atoms with Gasteiger partial charge in [0, 0.05) is 11.6 Å². The number of allylic oxidation sites excluding steroid dienone is 2. The Bertz CT molecular complexity index is 481. The Morgan fingerprint density at radius 3 is 2.65 bits per heavy atom. The summed E-state index contributed by atoms with van der Waals surface area (Å²) in [6.07, 6.45) is 3.02. The molecule has 1 aliphatic carbocycles. The molecular formula is C17H23NO2. The van der Waals surface area contributed by atoms with Crippen LogP contribution in [-0.4, -0.2) is 12.7 Å². The van der Waals surface area contributed by atoms with E-state index >= 15 is 0 Å². The van der Waals surface area contributed by atoms with Crippen LogP contribution in [0.3, 0.4) is 0 Å². The van der Waals surface area contributed by atoms with E-state index in [4.69, 9.17) is 4.74 Å². The van der Waals surface area contributed by atoms with Crippen LogP contribution in [0.15, 0.2) is 42.0 Å². The first-order chi connectivity index (χ1) is 9.56. The van der Waals surface area contributed by atoms with Crippen LogP contribution in [0.2, 0.25) is 0 Å². The van der Waals surface area contributed by atoms with Crippen molar-refractivity contribution in [3.63, 3.8) is 0 Å². The second kappa shape index (κ2) is 6.60. The quantitative estimate of drug-likeness (QED) is 0.825. The molecule has 1 amide bonds. The number of hydrogen-bond donors (Lipinski definition) is 1. The van der Waals surface area contributed by atoms with Gasteiger partial charge in [0.2, 0.25) is 0 Å². The number of para-hydroxylation sites is 1. The Balaban J connectivity index is 1.84. The minimum atomic E-state index is -0.373. The summed E-state index contributed by atoms with van der Waals surface area (Å²) in [4.78, 5) is 11.8. The molecule has 0 aliphatic heterocycles. The zero-order chi connectivity index (χ0) is 14.5. The van der Waals surface area contributed by atoms with Gasteiger partial charge in [0.25, 0.3) is 0 Å². The van der Waals surface area contributed by atoms with E-state index in [1.807, 2.05) is 30.3 Å². The van der Waals surface area contributed by atoms with Gasteiger partial charge < -0.3 is 4.74 Å². The van der Waals surface area contributed by atoms with Gasteiger partial charge in [-0.3, -0.25) is 5.32 Å². The monoisotopic (exact) mass is 273 g/mol. The van der Waals surface area contributed by atoms with Gasteiger partial charge in [0.05, 0.1) is 6.61 Å². The van der Waals surface area contributed by atoms with Gasteiger partial charge >= 0.3 is 6.09 Å². The molecule has 0 spiro atoms. The van der Waals surface area contributed by atoms with Gasteiger partial charge in [0.1, 0.15) is 0 Å². The molecule has 0 fully saturated rings. The average Bonchev–Trinajstić information content (AvgIpc) is 2.38. The maximum Gasteiger partial charge on any atom is 0.411 e. The second-order valence-corrected chi connectivity index (χ2v) is 5.81. The lowest BCUT2D eigenvalue weighted by Crippen LogP contribution is -2.29. The minimum Gasteiger partial charge on any atom is -0.449 e. The lowest BCUT2D eigenvalue weighted by molar-refractivity contribution is 0.106. The van der Waals surface area contributed by atoms with Crippen LogP contribution < -0.4 is 5.32 Å². The third-order valence-electron chi connectivity index (χ3n) is 4.02. The van der Waals surface area contributed by atoms with Crippen molar-refractivity contribution < 1.29 is 9.53 Å². The van der Waals surface area contributed by atoms with E-state index in [9.17, 15) is 4.79 Å². The highest BCUT2D eigenvalue weighted by Gasteiger charge is 2.27. The van der Waals surface area contributed by atoms with Gasteiger partial charge in [-0.05, 0) is 37.3 Å². The molecule has 0 aromatic heterocycles. The van der Waals surface area contributed by atoms with Crippen molar-refractivity contribution in [1.29, 1.82) is 0 Å². The first kappa shape index (κ1) is 14.6. The fraction of sp³-hybridized carbons (Fsp3) is 0.471. The number of nitrogens with one attached hydrogen (secondary N) is 1. The highest BCUT2D eigenvalue weighted by atomic mass is 16.5. The molecule has 3 atom stereocenters. The molecule has 0 radical (unpaired) electrons. The number of hydrogen-bond acceptors (Lipinski definition) is 2. The maximum atomic E-state index is 11.8. The topological polar surface area (TPSA) is 38.3 Å². The maximum absolute atomic E-state index is 11.8. The lowest BCUT2D eigenvalue weighted by Gasteiger charge is -2.32. The molecule has 1 aromatic rings. The van der Waals surface area contributed by atoms with Gasteiger partial charge in [0.15, 0.2) is 0 Å². The van der Waals surface area contributed by atoms with E-state index in [0.29, 0.717) is 24.4 Å². The zero-order valence-electron chi connectivity index (χ0n) is 12.4. The second-order valence-electron chi connectivity index (χ2n) is 5.81. The standard InChI is InChI=1S/C17H23NO2/c1-12-9-13(2)16(14(3)10-12)11-20-17(19)18-15-7-5-4-6-8-15/h4-9,13-14,16H,10-11H2,1-3H3,(H,18,19)/t13-,14-,16+/m1/s1. The Morgan fingerprint density at radius 1 is 1.30 bits per heavy atom. The molecule has 108 valence electrons. The van der Waals surface area contributed by atoms with Crippen molar-refractivity contribution >= 4 is 11.8 Å². The Labute approximate surface area is 121 Å². The zero-order valence-corrected chi connectivity index (χ0v) is 12.4. The predicted molar refractivity (Wildman–Crippen MR) is 81.6 cm³/mol. The van der Waals surface area contributed by atoms with Gasteiger partial charge in [-0.25, -0.2) is 4.79 Å². The van der Waals surface area contributed by atoms with Crippen LogP contribution in [0.5, 0.6) is 0 Å². The van der Waals surface area contributed by atoms with Crippen LogP contribution in [0.1, 0.15) is 27.2 Å². The highest BCUT2D eigenvalue weighted by Crippen LogP contribution is 2.33. The molecule has 2 rings (SSSR count). The van der Waals surface area contributed by atoms with Crippen LogP contribution in [0.4, 0.5) is 10.5 Å². The molecular weight excluding hydrogens is 250 g/mol. The van der Waals surface area contributed by atoms with E-state index in [-0.39, 0.29) is 6.09 Å². The van der Waals surface area contributed by atoms with Crippen LogP contribution in [0.25, 0.3) is 0 Å². The van der Waals surface area contributed by atoms with E-state index in [1.54, 1.807) is 0 Å².